The topological polar surface area (TPSA) is 145 Å². The first kappa shape index (κ1) is 28.4. The molecule has 3 aromatic heterocycles. The number of anilines is 2. The SMILES string of the molecule is Cc1cc2cc(C(=O)c3cnn(-c4ccc(Oc5ncccc5Cl)cc4Cl)c3N)[nH]c2cc1NS(=O)(=O)CCCF. The maximum Gasteiger partial charge on any atom is 0.238 e. The summed E-state index contributed by atoms with van der Waals surface area (Å²) in [6, 6.07) is 13.1. The van der Waals surface area contributed by atoms with Crippen molar-refractivity contribution in [2.24, 2.45) is 0 Å². The summed E-state index contributed by atoms with van der Waals surface area (Å²) in [6.45, 7) is 1.00. The Bertz CT molecular complexity index is 1890. The average molecular weight is 617 g/mol. The first-order valence-electron chi connectivity index (χ1n) is 12.2. The Morgan fingerprint density at radius 3 is 2.71 bits per heavy atom. The lowest BCUT2D eigenvalue weighted by molar-refractivity contribution is 0.103. The summed E-state index contributed by atoms with van der Waals surface area (Å²) in [5.74, 6) is -0.0852. The minimum absolute atomic E-state index is 0.0643. The number of sulfonamides is 1. The molecule has 212 valence electrons. The molecule has 0 amide bonds. The Hall–Kier alpha value is -4.13. The van der Waals surface area contributed by atoms with Gasteiger partial charge >= 0.3 is 0 Å². The predicted molar refractivity (Wildman–Crippen MR) is 157 cm³/mol. The lowest BCUT2D eigenvalue weighted by Crippen LogP contribution is -2.17. The molecule has 0 aliphatic rings. The molecule has 0 unspecified atom stereocenters. The Kier molecular flexibility index (Phi) is 7.89. The highest BCUT2D eigenvalue weighted by molar-refractivity contribution is 7.92. The van der Waals surface area contributed by atoms with E-state index in [1.807, 2.05) is 0 Å². The van der Waals surface area contributed by atoms with Crippen LogP contribution >= 0.6 is 23.2 Å². The number of pyridine rings is 1. The molecule has 0 bridgehead atoms. The predicted octanol–water partition coefficient (Wildman–Crippen LogP) is 6.07. The van der Waals surface area contributed by atoms with Gasteiger partial charge in [0, 0.05) is 23.2 Å². The molecule has 5 rings (SSSR count). The van der Waals surface area contributed by atoms with Gasteiger partial charge < -0.3 is 15.5 Å². The van der Waals surface area contributed by atoms with Crippen LogP contribution in [-0.2, 0) is 10.0 Å². The fourth-order valence-electron chi connectivity index (χ4n) is 4.14. The van der Waals surface area contributed by atoms with E-state index in [0.29, 0.717) is 38.6 Å². The van der Waals surface area contributed by atoms with Crippen molar-refractivity contribution in [3.63, 3.8) is 0 Å². The average Bonchev–Trinajstić information content (AvgIpc) is 3.51. The summed E-state index contributed by atoms with van der Waals surface area (Å²) < 4.78 is 46.5. The molecule has 3 heterocycles. The zero-order valence-corrected chi connectivity index (χ0v) is 23.8. The summed E-state index contributed by atoms with van der Waals surface area (Å²) in [7, 11) is -3.72. The second-order valence-electron chi connectivity index (χ2n) is 9.09. The minimum atomic E-state index is -3.72. The maximum atomic E-state index is 13.4. The summed E-state index contributed by atoms with van der Waals surface area (Å²) in [5.41, 5.74) is 8.60. The van der Waals surface area contributed by atoms with Crippen molar-refractivity contribution in [1.29, 1.82) is 0 Å². The molecule has 0 saturated heterocycles. The first-order chi connectivity index (χ1) is 19.6. The highest BCUT2D eigenvalue weighted by Crippen LogP contribution is 2.33. The van der Waals surface area contributed by atoms with Crippen molar-refractivity contribution < 1.29 is 22.3 Å². The zero-order valence-electron chi connectivity index (χ0n) is 21.5. The van der Waals surface area contributed by atoms with E-state index in [-0.39, 0.29) is 40.2 Å². The van der Waals surface area contributed by atoms with E-state index in [1.54, 1.807) is 61.7 Å². The van der Waals surface area contributed by atoms with Crippen molar-refractivity contribution >= 4 is 61.4 Å². The van der Waals surface area contributed by atoms with Gasteiger partial charge in [-0.2, -0.15) is 5.10 Å². The van der Waals surface area contributed by atoms with Crippen LogP contribution in [0.4, 0.5) is 15.9 Å². The van der Waals surface area contributed by atoms with E-state index in [9.17, 15) is 17.6 Å². The number of nitrogens with one attached hydrogen (secondary N) is 2. The molecule has 0 saturated carbocycles. The van der Waals surface area contributed by atoms with E-state index in [0.717, 1.165) is 0 Å². The fraction of sp³-hybridized carbons (Fsp3) is 0.148. The van der Waals surface area contributed by atoms with Gasteiger partial charge in [-0.25, -0.2) is 18.1 Å². The Morgan fingerprint density at radius 1 is 1.17 bits per heavy atom. The lowest BCUT2D eigenvalue weighted by Gasteiger charge is -2.10. The molecule has 0 atom stereocenters. The molecule has 41 heavy (non-hydrogen) atoms. The number of H-pyrrole nitrogens is 1. The van der Waals surface area contributed by atoms with Gasteiger partial charge in [-0.1, -0.05) is 23.2 Å². The first-order valence-corrected chi connectivity index (χ1v) is 14.6. The van der Waals surface area contributed by atoms with Crippen LogP contribution in [0.1, 0.15) is 28.0 Å². The van der Waals surface area contributed by atoms with Crippen LogP contribution in [0.25, 0.3) is 16.6 Å². The van der Waals surface area contributed by atoms with Crippen molar-refractivity contribution in [3.05, 3.63) is 87.8 Å². The molecule has 2 aromatic carbocycles. The second-order valence-corrected chi connectivity index (χ2v) is 11.7. The highest BCUT2D eigenvalue weighted by Gasteiger charge is 2.22. The molecule has 0 aliphatic carbocycles. The number of aryl methyl sites for hydroxylation is 1. The third-order valence-electron chi connectivity index (χ3n) is 6.16. The second kappa shape index (κ2) is 11.4. The number of aromatic nitrogens is 4. The number of fused-ring (bicyclic) bond motifs is 1. The number of aromatic amines is 1. The van der Waals surface area contributed by atoms with Crippen LogP contribution in [0, 0.1) is 6.92 Å². The summed E-state index contributed by atoms with van der Waals surface area (Å²) in [6.07, 6.45) is 2.79. The molecule has 0 aliphatic heterocycles. The van der Waals surface area contributed by atoms with Gasteiger partial charge in [-0.05, 0) is 61.4 Å². The number of nitrogens with two attached hydrogens (primary N) is 1. The Balaban J connectivity index is 1.39. The largest absolute Gasteiger partial charge is 0.437 e. The molecule has 10 nitrogen and oxygen atoms in total. The molecule has 0 fully saturated rings. The summed E-state index contributed by atoms with van der Waals surface area (Å²) in [5, 5.41) is 5.55. The number of alkyl halides is 1. The minimum Gasteiger partial charge on any atom is -0.437 e. The Labute approximate surface area is 244 Å². The van der Waals surface area contributed by atoms with Crippen LogP contribution in [-0.4, -0.2) is 46.4 Å². The zero-order chi connectivity index (χ0) is 29.3. The quantitative estimate of drug-likeness (QED) is 0.161. The van der Waals surface area contributed by atoms with Gasteiger partial charge in [0.2, 0.25) is 21.7 Å². The van der Waals surface area contributed by atoms with Crippen molar-refractivity contribution in [3.8, 4) is 17.3 Å². The van der Waals surface area contributed by atoms with E-state index in [1.165, 1.54) is 10.9 Å². The van der Waals surface area contributed by atoms with Crippen LogP contribution < -0.4 is 15.2 Å². The number of rotatable bonds is 10. The number of nitrogens with zero attached hydrogens (tertiary/aromatic N) is 3. The highest BCUT2D eigenvalue weighted by atomic mass is 35.5. The number of benzene rings is 2. The van der Waals surface area contributed by atoms with E-state index in [4.69, 9.17) is 33.7 Å². The molecule has 5 aromatic rings. The smallest absolute Gasteiger partial charge is 0.238 e. The van der Waals surface area contributed by atoms with Gasteiger partial charge in [-0.15, -0.1) is 0 Å². The number of carbonyl (C=O) groups is 1. The third kappa shape index (κ3) is 5.99. The van der Waals surface area contributed by atoms with Crippen molar-refractivity contribution in [1.82, 2.24) is 19.7 Å². The molecular formula is C27H23Cl2FN6O4S. The van der Waals surface area contributed by atoms with Crippen molar-refractivity contribution in [2.45, 2.75) is 13.3 Å². The van der Waals surface area contributed by atoms with Gasteiger partial charge in [-0.3, -0.25) is 13.9 Å². The third-order valence-corrected chi connectivity index (χ3v) is 8.11. The molecule has 0 radical (unpaired) electrons. The van der Waals surface area contributed by atoms with E-state index < -0.39 is 22.5 Å². The van der Waals surface area contributed by atoms with E-state index in [2.05, 4.69) is 19.8 Å². The van der Waals surface area contributed by atoms with Gasteiger partial charge in [0.25, 0.3) is 0 Å². The molecule has 14 heteroatoms. The maximum absolute atomic E-state index is 13.4. The van der Waals surface area contributed by atoms with E-state index >= 15 is 0 Å². The number of halogens is 3. The van der Waals surface area contributed by atoms with Crippen molar-refractivity contribution in [2.75, 3.05) is 22.9 Å². The summed E-state index contributed by atoms with van der Waals surface area (Å²) >= 11 is 12.6. The fourth-order valence-corrected chi connectivity index (χ4v) is 5.70. The number of hydrogen-bond acceptors (Lipinski definition) is 7. The lowest BCUT2D eigenvalue weighted by atomic mass is 10.1. The van der Waals surface area contributed by atoms with Crippen LogP contribution in [0.15, 0.2) is 60.9 Å². The standard InChI is InChI=1S/C27H23Cl2FN6O4S/c1-15-10-16-11-23(34-22(16)13-21(15)35-41(38,39)9-3-7-30)25(37)18-14-33-36(26(18)31)24-6-5-17(12-20(24)29)40-27-19(28)4-2-8-32-27/h2,4-6,8,10-14,34-35H,3,7,9,31H2,1H3. The number of ether oxygens (including phenoxy) is 1. The summed E-state index contributed by atoms with van der Waals surface area (Å²) in [4.78, 5) is 20.5. The number of hydrogen-bond donors (Lipinski definition) is 3. The number of nitrogen functional groups attached to an aromatic ring is 1. The van der Waals surface area contributed by atoms with Crippen LogP contribution in [0.2, 0.25) is 10.0 Å². The molecule has 0 spiro atoms. The number of ketones is 1. The van der Waals surface area contributed by atoms with Gasteiger partial charge in [0.1, 0.15) is 16.6 Å². The number of carbonyl (C=O) groups excluding carboxylic acids is 1. The molecule has 4 N–H and O–H groups in total. The van der Waals surface area contributed by atoms with Crippen LogP contribution in [0.3, 0.4) is 0 Å². The van der Waals surface area contributed by atoms with Gasteiger partial charge in [0.05, 0.1) is 46.3 Å². The molecular weight excluding hydrogens is 594 g/mol. The monoisotopic (exact) mass is 616 g/mol. The van der Waals surface area contributed by atoms with Crippen LogP contribution in [0.5, 0.6) is 11.6 Å². The normalized spacial score (nSPS) is 11.6. The Morgan fingerprint density at radius 2 is 1.98 bits per heavy atom. The van der Waals surface area contributed by atoms with Gasteiger partial charge in [0.15, 0.2) is 0 Å².